The first-order valence-electron chi connectivity index (χ1n) is 9.39. The monoisotopic (exact) mass is 355 g/mol. The molecule has 4 nitrogen and oxygen atoms in total. The first kappa shape index (κ1) is 18.4. The smallest absolute Gasteiger partial charge is 0.317 e. The molecule has 1 heterocycles. The summed E-state index contributed by atoms with van der Waals surface area (Å²) in [5.74, 6) is -0.240. The fraction of sp³-hybridized carbons (Fsp3) is 0.429. The lowest BCUT2D eigenvalue weighted by molar-refractivity contribution is 0.188. The molecule has 2 aromatic rings. The van der Waals surface area contributed by atoms with Gasteiger partial charge in [-0.2, -0.15) is 0 Å². The normalized spacial score (nSPS) is 14.8. The van der Waals surface area contributed by atoms with Crippen LogP contribution in [0.25, 0.3) is 0 Å². The van der Waals surface area contributed by atoms with E-state index in [4.69, 9.17) is 0 Å². The zero-order valence-corrected chi connectivity index (χ0v) is 15.0. The Morgan fingerprint density at radius 3 is 2.58 bits per heavy atom. The van der Waals surface area contributed by atoms with Crippen molar-refractivity contribution < 1.29 is 9.18 Å². The molecule has 26 heavy (non-hydrogen) atoms. The van der Waals surface area contributed by atoms with Gasteiger partial charge in [0.25, 0.3) is 0 Å². The summed E-state index contributed by atoms with van der Waals surface area (Å²) in [4.78, 5) is 18.8. The lowest BCUT2D eigenvalue weighted by Crippen LogP contribution is -2.45. The minimum absolute atomic E-state index is 0.0251. The SMILES string of the molecule is O=C(NC1CCCCC1)N(CCc1ccc(F)cc1)Cc1cccnc1. The number of halogens is 1. The second-order valence-corrected chi connectivity index (χ2v) is 6.94. The van der Waals surface area contributed by atoms with Crippen molar-refractivity contribution in [3.63, 3.8) is 0 Å². The molecule has 1 saturated carbocycles. The van der Waals surface area contributed by atoms with Gasteiger partial charge in [-0.15, -0.1) is 0 Å². The predicted molar refractivity (Wildman–Crippen MR) is 100 cm³/mol. The van der Waals surface area contributed by atoms with E-state index >= 15 is 0 Å². The van der Waals surface area contributed by atoms with Crippen molar-refractivity contribution in [2.45, 2.75) is 51.1 Å². The number of nitrogens with one attached hydrogen (secondary N) is 1. The van der Waals surface area contributed by atoms with E-state index in [1.807, 2.05) is 17.0 Å². The van der Waals surface area contributed by atoms with Gasteiger partial charge in [0.2, 0.25) is 0 Å². The van der Waals surface area contributed by atoms with Crippen molar-refractivity contribution in [1.82, 2.24) is 15.2 Å². The van der Waals surface area contributed by atoms with Crippen LogP contribution in [0.5, 0.6) is 0 Å². The van der Waals surface area contributed by atoms with E-state index in [1.165, 1.54) is 31.4 Å². The lowest BCUT2D eigenvalue weighted by atomic mass is 9.96. The summed E-state index contributed by atoms with van der Waals surface area (Å²) in [5.41, 5.74) is 2.03. The van der Waals surface area contributed by atoms with Crippen molar-refractivity contribution in [2.24, 2.45) is 0 Å². The fourth-order valence-corrected chi connectivity index (χ4v) is 3.39. The van der Waals surface area contributed by atoms with Crippen molar-refractivity contribution in [3.8, 4) is 0 Å². The Balaban J connectivity index is 1.63. The number of pyridine rings is 1. The highest BCUT2D eigenvalue weighted by Gasteiger charge is 2.20. The van der Waals surface area contributed by atoms with Crippen LogP contribution in [0.3, 0.4) is 0 Å². The minimum Gasteiger partial charge on any atom is -0.335 e. The summed E-state index contributed by atoms with van der Waals surface area (Å²) in [5, 5.41) is 3.19. The molecule has 138 valence electrons. The molecule has 1 aliphatic carbocycles. The van der Waals surface area contributed by atoms with E-state index in [-0.39, 0.29) is 17.9 Å². The molecule has 0 radical (unpaired) electrons. The molecule has 1 N–H and O–H groups in total. The molecular weight excluding hydrogens is 329 g/mol. The molecule has 0 spiro atoms. The zero-order valence-electron chi connectivity index (χ0n) is 15.0. The van der Waals surface area contributed by atoms with Gasteiger partial charge < -0.3 is 10.2 Å². The molecular formula is C21H26FN3O. The Morgan fingerprint density at radius 1 is 1.12 bits per heavy atom. The Kier molecular flexibility index (Phi) is 6.58. The van der Waals surface area contributed by atoms with E-state index in [2.05, 4.69) is 10.3 Å². The number of rotatable bonds is 6. The summed E-state index contributed by atoms with van der Waals surface area (Å²) in [6, 6.07) is 10.6. The van der Waals surface area contributed by atoms with Gasteiger partial charge in [0.1, 0.15) is 5.82 Å². The quantitative estimate of drug-likeness (QED) is 0.839. The van der Waals surface area contributed by atoms with Gasteiger partial charge >= 0.3 is 6.03 Å². The van der Waals surface area contributed by atoms with E-state index < -0.39 is 0 Å². The van der Waals surface area contributed by atoms with E-state index in [1.54, 1.807) is 24.5 Å². The van der Waals surface area contributed by atoms with E-state index in [9.17, 15) is 9.18 Å². The van der Waals surface area contributed by atoms with Crippen LogP contribution in [0.15, 0.2) is 48.8 Å². The van der Waals surface area contributed by atoms with Crippen LogP contribution in [0.1, 0.15) is 43.2 Å². The van der Waals surface area contributed by atoms with Gasteiger partial charge in [0, 0.05) is 31.5 Å². The average Bonchev–Trinajstić information content (AvgIpc) is 2.68. The molecule has 0 saturated heterocycles. The number of carbonyl (C=O) groups is 1. The molecule has 2 amide bonds. The molecule has 3 rings (SSSR count). The third kappa shape index (κ3) is 5.55. The van der Waals surface area contributed by atoms with Gasteiger partial charge in [-0.05, 0) is 48.6 Å². The van der Waals surface area contributed by atoms with Gasteiger partial charge in [-0.25, -0.2) is 9.18 Å². The number of hydrogen-bond donors (Lipinski definition) is 1. The molecule has 1 aromatic carbocycles. The van der Waals surface area contributed by atoms with Gasteiger partial charge in [0.05, 0.1) is 0 Å². The highest BCUT2D eigenvalue weighted by molar-refractivity contribution is 5.74. The number of nitrogens with zero attached hydrogens (tertiary/aromatic N) is 2. The van der Waals surface area contributed by atoms with E-state index in [0.29, 0.717) is 19.5 Å². The first-order valence-corrected chi connectivity index (χ1v) is 9.39. The number of benzene rings is 1. The molecule has 0 atom stereocenters. The van der Waals surface area contributed by atoms with Gasteiger partial charge in [0.15, 0.2) is 0 Å². The maximum absolute atomic E-state index is 13.1. The lowest BCUT2D eigenvalue weighted by Gasteiger charge is -2.28. The number of carbonyl (C=O) groups excluding carboxylic acids is 1. The summed E-state index contributed by atoms with van der Waals surface area (Å²) in [7, 11) is 0. The fourth-order valence-electron chi connectivity index (χ4n) is 3.39. The van der Waals surface area contributed by atoms with Crippen molar-refractivity contribution >= 4 is 6.03 Å². The molecule has 0 unspecified atom stereocenters. The Hall–Kier alpha value is -2.43. The Labute approximate surface area is 154 Å². The zero-order chi connectivity index (χ0) is 18.2. The van der Waals surface area contributed by atoms with Crippen LogP contribution in [0.4, 0.5) is 9.18 Å². The standard InChI is InChI=1S/C21H26FN3O/c22-19-10-8-17(9-11-19)12-14-25(16-18-5-4-13-23-15-18)21(26)24-20-6-2-1-3-7-20/h4-5,8-11,13,15,20H,1-3,6-7,12,14,16H2,(H,24,26). The molecule has 1 fully saturated rings. The van der Waals surface area contributed by atoms with Gasteiger partial charge in [-0.1, -0.05) is 37.5 Å². The maximum atomic E-state index is 13.1. The predicted octanol–water partition coefficient (Wildman–Crippen LogP) is 4.31. The Morgan fingerprint density at radius 2 is 1.88 bits per heavy atom. The summed E-state index contributed by atoms with van der Waals surface area (Å²) >= 11 is 0. The minimum atomic E-state index is -0.240. The van der Waals surface area contributed by atoms with Crippen molar-refractivity contribution in [1.29, 1.82) is 0 Å². The van der Waals surface area contributed by atoms with Crippen LogP contribution in [0.2, 0.25) is 0 Å². The largest absolute Gasteiger partial charge is 0.335 e. The number of urea groups is 1. The Bertz CT molecular complexity index is 684. The van der Waals surface area contributed by atoms with Gasteiger partial charge in [-0.3, -0.25) is 4.98 Å². The molecule has 0 aliphatic heterocycles. The second-order valence-electron chi connectivity index (χ2n) is 6.94. The van der Waals surface area contributed by atoms with Crippen molar-refractivity contribution in [2.75, 3.05) is 6.54 Å². The highest BCUT2D eigenvalue weighted by Crippen LogP contribution is 2.18. The molecule has 0 bridgehead atoms. The van der Waals surface area contributed by atoms with E-state index in [0.717, 1.165) is 24.0 Å². The number of amides is 2. The highest BCUT2D eigenvalue weighted by atomic mass is 19.1. The van der Waals surface area contributed by atoms with Crippen LogP contribution in [-0.4, -0.2) is 28.5 Å². The average molecular weight is 355 g/mol. The molecule has 1 aromatic heterocycles. The molecule has 5 heteroatoms. The third-order valence-corrected chi connectivity index (χ3v) is 4.90. The third-order valence-electron chi connectivity index (χ3n) is 4.90. The number of aromatic nitrogens is 1. The topological polar surface area (TPSA) is 45.2 Å². The summed E-state index contributed by atoms with van der Waals surface area (Å²) in [6.07, 6.45) is 9.96. The molecule has 1 aliphatic rings. The maximum Gasteiger partial charge on any atom is 0.317 e. The van der Waals surface area contributed by atoms with Crippen molar-refractivity contribution in [3.05, 3.63) is 65.7 Å². The van der Waals surface area contributed by atoms with Crippen LogP contribution in [-0.2, 0) is 13.0 Å². The number of hydrogen-bond acceptors (Lipinski definition) is 2. The first-order chi connectivity index (χ1) is 12.7. The van der Waals surface area contributed by atoms with Crippen LogP contribution >= 0.6 is 0 Å². The van der Waals surface area contributed by atoms with Crippen LogP contribution < -0.4 is 5.32 Å². The summed E-state index contributed by atoms with van der Waals surface area (Å²) < 4.78 is 13.1. The second kappa shape index (κ2) is 9.32. The summed E-state index contributed by atoms with van der Waals surface area (Å²) in [6.45, 7) is 1.10. The van der Waals surface area contributed by atoms with Crippen LogP contribution in [0, 0.1) is 5.82 Å².